The van der Waals surface area contributed by atoms with Crippen LogP contribution in [0.2, 0.25) is 5.02 Å². The quantitative estimate of drug-likeness (QED) is 0.251. The highest BCUT2D eigenvalue weighted by molar-refractivity contribution is 6.30. The molecule has 5 rings (SSSR count). The maximum Gasteiger partial charge on any atom is 0.419 e. The Morgan fingerprint density at radius 3 is 2.49 bits per heavy atom. The molecule has 4 aromatic rings. The summed E-state index contributed by atoms with van der Waals surface area (Å²) in [4.78, 5) is 42.2. The molecule has 0 atom stereocenters. The van der Waals surface area contributed by atoms with Crippen molar-refractivity contribution in [3.63, 3.8) is 0 Å². The van der Waals surface area contributed by atoms with Gasteiger partial charge in [0.1, 0.15) is 11.4 Å². The molecule has 3 aromatic carbocycles. The summed E-state index contributed by atoms with van der Waals surface area (Å²) in [5.74, 6) is -0.966. The molecule has 10 heteroatoms. The zero-order valence-corrected chi connectivity index (χ0v) is 25.1. The lowest BCUT2D eigenvalue weighted by molar-refractivity contribution is -0.124. The van der Waals surface area contributed by atoms with Crippen molar-refractivity contribution < 1.29 is 23.5 Å². The van der Waals surface area contributed by atoms with Crippen molar-refractivity contribution in [3.8, 4) is 0 Å². The molecule has 2 heterocycles. The van der Waals surface area contributed by atoms with Crippen LogP contribution in [-0.2, 0) is 28.9 Å². The summed E-state index contributed by atoms with van der Waals surface area (Å²) in [7, 11) is 1.57. The molecule has 0 spiro atoms. The van der Waals surface area contributed by atoms with Gasteiger partial charge in [-0.25, -0.2) is 23.6 Å². The van der Waals surface area contributed by atoms with Crippen molar-refractivity contribution in [2.75, 3.05) is 11.9 Å². The summed E-state index contributed by atoms with van der Waals surface area (Å²) >= 11 is 6.02. The molecule has 1 N–H and O–H groups in total. The van der Waals surface area contributed by atoms with E-state index in [-0.39, 0.29) is 19.4 Å². The molecule has 1 aromatic heterocycles. The Balaban J connectivity index is 1.61. The molecular formula is C33H32ClFN4O4. The number of benzene rings is 3. The number of aromatic nitrogens is 1. The zero-order valence-electron chi connectivity index (χ0n) is 24.4. The number of ether oxygens (including phenoxy) is 1. The Kier molecular flexibility index (Phi) is 8.28. The van der Waals surface area contributed by atoms with Gasteiger partial charge in [-0.3, -0.25) is 15.1 Å². The van der Waals surface area contributed by atoms with Crippen molar-refractivity contribution in [3.05, 3.63) is 106 Å². The first-order valence-electron chi connectivity index (χ1n) is 13.8. The first-order valence-corrected chi connectivity index (χ1v) is 14.2. The van der Waals surface area contributed by atoms with Gasteiger partial charge < -0.3 is 4.74 Å². The van der Waals surface area contributed by atoms with Crippen LogP contribution in [0.15, 0.2) is 72.8 Å². The second-order valence-electron chi connectivity index (χ2n) is 11.4. The van der Waals surface area contributed by atoms with E-state index < -0.39 is 29.4 Å². The standard InChI is InChI=1S/C33H32ClFN4O4/c1-33(2,3)43-32(42)39-28-10-6-5-9-26(28)27-19-30(40)36-38(31(41)37(4)25-14-12-23(34)13-15-25)20-22-16-21(17-24(35)18-22)8-7-11-29(27)39/h5-10,12-18H,11,19-20H2,1-4H3,(H,36,40). The number of allylic oxidation sites excluding steroid dienone is 1. The van der Waals surface area contributed by atoms with Crippen LogP contribution in [0, 0.1) is 5.82 Å². The van der Waals surface area contributed by atoms with E-state index in [0.29, 0.717) is 44.0 Å². The summed E-state index contributed by atoms with van der Waals surface area (Å²) in [5.41, 5.74) is 5.38. The van der Waals surface area contributed by atoms with Crippen LogP contribution in [-0.4, -0.2) is 40.3 Å². The average Bonchev–Trinajstić information content (AvgIpc) is 3.24. The summed E-state index contributed by atoms with van der Waals surface area (Å²) in [6, 6.07) is 17.9. The second kappa shape index (κ2) is 11.9. The number of carbonyl (C=O) groups excluding carboxylic acids is 3. The number of anilines is 1. The maximum atomic E-state index is 14.7. The number of nitrogens with zero attached hydrogens (tertiary/aromatic N) is 3. The van der Waals surface area contributed by atoms with E-state index >= 15 is 0 Å². The van der Waals surface area contributed by atoms with Crippen molar-refractivity contribution in [2.45, 2.75) is 45.8 Å². The third kappa shape index (κ3) is 6.73. The molecule has 1 aliphatic heterocycles. The van der Waals surface area contributed by atoms with E-state index in [1.807, 2.05) is 24.3 Å². The second-order valence-corrected chi connectivity index (χ2v) is 11.8. The van der Waals surface area contributed by atoms with Crippen LogP contribution in [0.5, 0.6) is 0 Å². The number of fused-ring (bicyclic) bond motifs is 5. The minimum Gasteiger partial charge on any atom is -0.443 e. The Morgan fingerprint density at radius 1 is 1.05 bits per heavy atom. The molecule has 2 bridgehead atoms. The van der Waals surface area contributed by atoms with Crippen molar-refractivity contribution in [1.29, 1.82) is 0 Å². The van der Waals surface area contributed by atoms with Crippen molar-refractivity contribution in [1.82, 2.24) is 15.0 Å². The van der Waals surface area contributed by atoms with Crippen LogP contribution in [0.1, 0.15) is 43.2 Å². The molecule has 222 valence electrons. The molecule has 8 nitrogen and oxygen atoms in total. The van der Waals surface area contributed by atoms with Crippen LogP contribution in [0.4, 0.5) is 19.7 Å². The predicted molar refractivity (Wildman–Crippen MR) is 165 cm³/mol. The Labute approximate surface area is 254 Å². The Hall–Kier alpha value is -4.63. The first kappa shape index (κ1) is 29.8. The van der Waals surface area contributed by atoms with Gasteiger partial charge in [0.15, 0.2) is 0 Å². The van der Waals surface area contributed by atoms with Gasteiger partial charge in [0.25, 0.3) is 0 Å². The number of hydrazine groups is 1. The first-order chi connectivity index (χ1) is 20.4. The highest BCUT2D eigenvalue weighted by atomic mass is 35.5. The minimum atomic E-state index is -0.749. The number of hydrogen-bond donors (Lipinski definition) is 1. The number of nitrogens with one attached hydrogen (secondary N) is 1. The highest BCUT2D eigenvalue weighted by Crippen LogP contribution is 2.30. The molecule has 0 unspecified atom stereocenters. The average molecular weight is 603 g/mol. The summed E-state index contributed by atoms with van der Waals surface area (Å²) in [6.07, 6.45) is 3.15. The number of amides is 3. The SMILES string of the molecule is CN(C(=O)N1Cc2cc(F)cc(c2)C=CCc2c(c3ccccc3n2C(=O)OC(C)(C)C)CC(=O)N1)c1ccc(Cl)cc1. The molecular weight excluding hydrogens is 571 g/mol. The van der Waals surface area contributed by atoms with E-state index in [0.717, 1.165) is 5.01 Å². The summed E-state index contributed by atoms with van der Waals surface area (Å²) in [6.45, 7) is 5.27. The van der Waals surface area contributed by atoms with Crippen molar-refractivity contribution >= 4 is 52.3 Å². The van der Waals surface area contributed by atoms with Gasteiger partial charge in [-0.2, -0.15) is 0 Å². The van der Waals surface area contributed by atoms with Crippen LogP contribution in [0.25, 0.3) is 17.0 Å². The van der Waals surface area contributed by atoms with Gasteiger partial charge in [-0.15, -0.1) is 0 Å². The molecule has 0 saturated heterocycles. The Morgan fingerprint density at radius 2 is 1.77 bits per heavy atom. The highest BCUT2D eigenvalue weighted by Gasteiger charge is 2.28. The topological polar surface area (TPSA) is 83.9 Å². The van der Waals surface area contributed by atoms with Gasteiger partial charge in [0, 0.05) is 35.3 Å². The number of carbonyl (C=O) groups is 3. The molecule has 0 fully saturated rings. The third-order valence-electron chi connectivity index (χ3n) is 6.94. The summed E-state index contributed by atoms with van der Waals surface area (Å²) in [5, 5.41) is 2.38. The third-order valence-corrected chi connectivity index (χ3v) is 7.19. The number of urea groups is 1. The monoisotopic (exact) mass is 602 g/mol. The fourth-order valence-corrected chi connectivity index (χ4v) is 5.23. The summed E-state index contributed by atoms with van der Waals surface area (Å²) < 4.78 is 21.9. The van der Waals surface area contributed by atoms with Gasteiger partial charge in [-0.05, 0) is 86.0 Å². The fraction of sp³-hybridized carbons (Fsp3) is 0.242. The fourth-order valence-electron chi connectivity index (χ4n) is 5.10. The molecule has 0 aliphatic carbocycles. The number of hydrogen-bond acceptors (Lipinski definition) is 4. The number of halogens is 2. The number of para-hydroxylation sites is 1. The lowest BCUT2D eigenvalue weighted by Crippen LogP contribution is -2.51. The smallest absolute Gasteiger partial charge is 0.419 e. The van der Waals surface area contributed by atoms with E-state index in [1.54, 1.807) is 70.3 Å². The van der Waals surface area contributed by atoms with Crippen LogP contribution >= 0.6 is 11.6 Å². The van der Waals surface area contributed by atoms with E-state index in [2.05, 4.69) is 5.43 Å². The lowest BCUT2D eigenvalue weighted by Gasteiger charge is -2.29. The van der Waals surface area contributed by atoms with Crippen LogP contribution in [0.3, 0.4) is 0 Å². The van der Waals surface area contributed by atoms with E-state index in [1.165, 1.54) is 21.6 Å². The predicted octanol–water partition coefficient (Wildman–Crippen LogP) is 7.12. The van der Waals surface area contributed by atoms with Crippen molar-refractivity contribution in [2.24, 2.45) is 0 Å². The lowest BCUT2D eigenvalue weighted by atomic mass is 10.0. The minimum absolute atomic E-state index is 0.0897. The largest absolute Gasteiger partial charge is 0.443 e. The number of rotatable bonds is 1. The van der Waals surface area contributed by atoms with Gasteiger partial charge in [0.05, 0.1) is 18.5 Å². The molecule has 3 amide bonds. The van der Waals surface area contributed by atoms with Gasteiger partial charge in [-0.1, -0.05) is 42.0 Å². The zero-order chi connectivity index (χ0) is 30.9. The van der Waals surface area contributed by atoms with E-state index in [9.17, 15) is 18.8 Å². The van der Waals surface area contributed by atoms with E-state index in [4.69, 9.17) is 16.3 Å². The molecule has 0 radical (unpaired) electrons. The van der Waals surface area contributed by atoms with Gasteiger partial charge >= 0.3 is 12.1 Å². The molecule has 0 saturated carbocycles. The molecule has 1 aliphatic rings. The van der Waals surface area contributed by atoms with Gasteiger partial charge in [0.2, 0.25) is 5.91 Å². The maximum absolute atomic E-state index is 14.7. The Bertz CT molecular complexity index is 1740. The molecule has 43 heavy (non-hydrogen) atoms. The van der Waals surface area contributed by atoms with Crippen LogP contribution < -0.4 is 10.3 Å². The normalized spacial score (nSPS) is 13.8.